The highest BCUT2D eigenvalue weighted by molar-refractivity contribution is 6.16. The minimum Gasteiger partial charge on any atom is -0.370 e. The lowest BCUT2D eigenvalue weighted by atomic mass is 9.97. The van der Waals surface area contributed by atoms with E-state index in [9.17, 15) is 4.79 Å². The van der Waals surface area contributed by atoms with Crippen molar-refractivity contribution in [2.24, 2.45) is 0 Å². The minimum absolute atomic E-state index is 0.121. The number of benzene rings is 3. The maximum atomic E-state index is 12.9. The molecule has 0 saturated heterocycles. The van der Waals surface area contributed by atoms with E-state index in [2.05, 4.69) is 23.1 Å². The summed E-state index contributed by atoms with van der Waals surface area (Å²) < 4.78 is 0. The first-order valence-corrected chi connectivity index (χ1v) is 7.10. The second-order valence-corrected chi connectivity index (χ2v) is 5.56. The summed E-state index contributed by atoms with van der Waals surface area (Å²) in [5, 5.41) is 2.28. The van der Waals surface area contributed by atoms with Crippen LogP contribution >= 0.6 is 0 Å². The van der Waals surface area contributed by atoms with Crippen LogP contribution in [0.25, 0.3) is 10.8 Å². The van der Waals surface area contributed by atoms with Crippen LogP contribution in [0.2, 0.25) is 0 Å². The first kappa shape index (κ1) is 12.2. The van der Waals surface area contributed by atoms with Crippen LogP contribution in [0.15, 0.2) is 60.7 Å². The Morgan fingerprint density at radius 2 is 1.52 bits per heavy atom. The standard InChI is InChI=1S/C19H15NO/c1-20-12-15-8-4-5-9-16(15)19(21)17-10-13-6-2-3-7-14(13)11-18(17)20/h2-11H,12H2,1H3. The molecule has 0 unspecified atom stereocenters. The Kier molecular flexibility index (Phi) is 2.58. The number of hydrogen-bond donors (Lipinski definition) is 0. The van der Waals surface area contributed by atoms with Gasteiger partial charge in [0.25, 0.3) is 0 Å². The molecular weight excluding hydrogens is 258 g/mol. The highest BCUT2D eigenvalue weighted by Crippen LogP contribution is 2.33. The second kappa shape index (κ2) is 4.45. The fourth-order valence-corrected chi connectivity index (χ4v) is 3.09. The van der Waals surface area contributed by atoms with Gasteiger partial charge in [0.2, 0.25) is 0 Å². The van der Waals surface area contributed by atoms with Gasteiger partial charge in [-0.1, -0.05) is 48.5 Å². The van der Waals surface area contributed by atoms with E-state index < -0.39 is 0 Å². The molecule has 0 aliphatic carbocycles. The maximum Gasteiger partial charge on any atom is 0.195 e. The summed E-state index contributed by atoms with van der Waals surface area (Å²) in [4.78, 5) is 15.0. The minimum atomic E-state index is 0.121. The molecule has 4 rings (SSSR count). The van der Waals surface area contributed by atoms with Gasteiger partial charge in [-0.2, -0.15) is 0 Å². The van der Waals surface area contributed by atoms with Crippen molar-refractivity contribution in [3.05, 3.63) is 77.4 Å². The summed E-state index contributed by atoms with van der Waals surface area (Å²) in [5.74, 6) is 0.121. The molecule has 21 heavy (non-hydrogen) atoms. The zero-order valence-corrected chi connectivity index (χ0v) is 11.8. The van der Waals surface area contributed by atoms with Gasteiger partial charge in [0, 0.05) is 30.4 Å². The molecule has 3 aromatic rings. The first-order valence-electron chi connectivity index (χ1n) is 7.10. The SMILES string of the molecule is CN1Cc2ccccc2C(=O)c2cc3ccccc3cc21. The Morgan fingerprint density at radius 1 is 0.857 bits per heavy atom. The number of hydrogen-bond acceptors (Lipinski definition) is 2. The third-order valence-electron chi connectivity index (χ3n) is 4.19. The van der Waals surface area contributed by atoms with E-state index in [0.717, 1.165) is 34.3 Å². The average Bonchev–Trinajstić information content (AvgIpc) is 2.62. The van der Waals surface area contributed by atoms with Gasteiger partial charge in [-0.3, -0.25) is 4.79 Å². The average molecular weight is 273 g/mol. The lowest BCUT2D eigenvalue weighted by Crippen LogP contribution is -2.16. The lowest BCUT2D eigenvalue weighted by Gasteiger charge is -2.19. The van der Waals surface area contributed by atoms with Crippen molar-refractivity contribution in [1.82, 2.24) is 0 Å². The van der Waals surface area contributed by atoms with Gasteiger partial charge in [0.1, 0.15) is 0 Å². The normalized spacial score (nSPS) is 13.8. The Balaban J connectivity index is 2.03. The molecule has 0 radical (unpaired) electrons. The van der Waals surface area contributed by atoms with Crippen LogP contribution in [0.4, 0.5) is 5.69 Å². The van der Waals surface area contributed by atoms with Crippen LogP contribution in [-0.2, 0) is 6.54 Å². The molecule has 0 amide bonds. The van der Waals surface area contributed by atoms with E-state index in [1.807, 2.05) is 49.5 Å². The predicted octanol–water partition coefficient (Wildman–Crippen LogP) is 4.02. The van der Waals surface area contributed by atoms with E-state index in [4.69, 9.17) is 0 Å². The predicted molar refractivity (Wildman–Crippen MR) is 85.9 cm³/mol. The molecule has 2 nitrogen and oxygen atoms in total. The smallest absolute Gasteiger partial charge is 0.195 e. The molecular formula is C19H15NO. The van der Waals surface area contributed by atoms with Crippen molar-refractivity contribution in [1.29, 1.82) is 0 Å². The van der Waals surface area contributed by atoms with E-state index in [1.165, 1.54) is 5.39 Å². The fraction of sp³-hybridized carbons (Fsp3) is 0.105. The Bertz CT molecular complexity index is 866. The summed E-state index contributed by atoms with van der Waals surface area (Å²) in [6.07, 6.45) is 0. The quantitative estimate of drug-likeness (QED) is 0.616. The Morgan fingerprint density at radius 3 is 2.33 bits per heavy atom. The van der Waals surface area contributed by atoms with Crippen LogP contribution in [0.3, 0.4) is 0 Å². The van der Waals surface area contributed by atoms with Crippen LogP contribution < -0.4 is 4.90 Å². The van der Waals surface area contributed by atoms with E-state index in [-0.39, 0.29) is 5.78 Å². The van der Waals surface area contributed by atoms with Gasteiger partial charge in [-0.25, -0.2) is 0 Å². The van der Waals surface area contributed by atoms with Crippen LogP contribution in [0.5, 0.6) is 0 Å². The zero-order chi connectivity index (χ0) is 14.4. The second-order valence-electron chi connectivity index (χ2n) is 5.56. The molecule has 102 valence electrons. The maximum absolute atomic E-state index is 12.9. The molecule has 1 heterocycles. The van der Waals surface area contributed by atoms with Crippen molar-refractivity contribution in [2.75, 3.05) is 11.9 Å². The zero-order valence-electron chi connectivity index (χ0n) is 11.8. The number of nitrogens with zero attached hydrogens (tertiary/aromatic N) is 1. The van der Waals surface area contributed by atoms with Gasteiger partial charge in [0.15, 0.2) is 5.78 Å². The van der Waals surface area contributed by atoms with Crippen LogP contribution in [0, 0.1) is 0 Å². The van der Waals surface area contributed by atoms with Gasteiger partial charge >= 0.3 is 0 Å². The molecule has 0 saturated carbocycles. The van der Waals surface area contributed by atoms with Gasteiger partial charge in [0.05, 0.1) is 0 Å². The highest BCUT2D eigenvalue weighted by atomic mass is 16.1. The summed E-state index contributed by atoms with van der Waals surface area (Å²) in [5.41, 5.74) is 3.71. The van der Waals surface area contributed by atoms with Gasteiger partial charge in [-0.05, 0) is 28.5 Å². The van der Waals surface area contributed by atoms with Crippen molar-refractivity contribution < 1.29 is 4.79 Å². The van der Waals surface area contributed by atoms with Crippen molar-refractivity contribution >= 4 is 22.2 Å². The number of ketones is 1. The van der Waals surface area contributed by atoms with E-state index >= 15 is 0 Å². The highest BCUT2D eigenvalue weighted by Gasteiger charge is 2.23. The number of carbonyl (C=O) groups is 1. The molecule has 0 spiro atoms. The lowest BCUT2D eigenvalue weighted by molar-refractivity contribution is 0.103. The number of anilines is 1. The summed E-state index contributed by atoms with van der Waals surface area (Å²) in [6.45, 7) is 0.757. The van der Waals surface area contributed by atoms with E-state index in [1.54, 1.807) is 0 Å². The molecule has 0 bridgehead atoms. The number of rotatable bonds is 0. The van der Waals surface area contributed by atoms with Crippen LogP contribution in [0.1, 0.15) is 21.5 Å². The molecule has 1 aliphatic rings. The Hall–Kier alpha value is -2.61. The summed E-state index contributed by atoms with van der Waals surface area (Å²) >= 11 is 0. The molecule has 1 aliphatic heterocycles. The third-order valence-corrected chi connectivity index (χ3v) is 4.19. The summed E-state index contributed by atoms with van der Waals surface area (Å²) in [7, 11) is 2.04. The molecule has 0 N–H and O–H groups in total. The molecule has 3 aromatic carbocycles. The number of carbonyl (C=O) groups excluding carboxylic acids is 1. The monoisotopic (exact) mass is 273 g/mol. The number of fused-ring (bicyclic) bond motifs is 3. The topological polar surface area (TPSA) is 20.3 Å². The molecule has 0 atom stereocenters. The van der Waals surface area contributed by atoms with E-state index in [0.29, 0.717) is 0 Å². The van der Waals surface area contributed by atoms with Crippen molar-refractivity contribution in [3.63, 3.8) is 0 Å². The molecule has 2 heteroatoms. The fourth-order valence-electron chi connectivity index (χ4n) is 3.09. The van der Waals surface area contributed by atoms with Gasteiger partial charge in [-0.15, -0.1) is 0 Å². The summed E-state index contributed by atoms with van der Waals surface area (Å²) in [6, 6.07) is 20.2. The van der Waals surface area contributed by atoms with Crippen molar-refractivity contribution in [2.45, 2.75) is 6.54 Å². The third kappa shape index (κ3) is 1.83. The van der Waals surface area contributed by atoms with Crippen LogP contribution in [-0.4, -0.2) is 12.8 Å². The Labute approximate surface area is 123 Å². The van der Waals surface area contributed by atoms with Gasteiger partial charge < -0.3 is 4.90 Å². The van der Waals surface area contributed by atoms with Crippen molar-refractivity contribution in [3.8, 4) is 0 Å². The molecule has 0 aromatic heterocycles. The molecule has 0 fully saturated rings. The largest absolute Gasteiger partial charge is 0.370 e. The first-order chi connectivity index (χ1) is 10.2.